The fourth-order valence-electron chi connectivity index (χ4n) is 4.00. The second-order valence-electron chi connectivity index (χ2n) is 6.98. The summed E-state index contributed by atoms with van der Waals surface area (Å²) in [5.41, 5.74) is 2.31. The van der Waals surface area contributed by atoms with Gasteiger partial charge in [-0.1, -0.05) is 24.3 Å². The molecule has 0 bridgehead atoms. The molecule has 1 heterocycles. The first-order chi connectivity index (χ1) is 12.6. The Bertz CT molecular complexity index is 841. The molecule has 1 aliphatic carbocycles. The second-order valence-corrected chi connectivity index (χ2v) is 6.98. The number of hydrogen-bond donors (Lipinski definition) is 1. The molecule has 0 radical (unpaired) electrons. The molecule has 134 valence electrons. The molecule has 1 N–H and O–H groups in total. The summed E-state index contributed by atoms with van der Waals surface area (Å²) in [6.45, 7) is 0. The van der Waals surface area contributed by atoms with Gasteiger partial charge >= 0.3 is 5.97 Å². The van der Waals surface area contributed by atoms with Gasteiger partial charge in [-0.3, -0.25) is 9.59 Å². The number of benzene rings is 2. The highest BCUT2D eigenvalue weighted by Crippen LogP contribution is 2.46. The lowest BCUT2D eigenvalue weighted by Gasteiger charge is -2.34. The Hall–Kier alpha value is -2.82. The molecule has 1 amide bonds. The number of carbonyl (C=O) groups excluding carboxylic acids is 1. The van der Waals surface area contributed by atoms with Crippen LogP contribution in [0.3, 0.4) is 0 Å². The van der Waals surface area contributed by atoms with E-state index in [-0.39, 0.29) is 24.3 Å². The average molecular weight is 351 g/mol. The molecule has 0 spiro atoms. The van der Waals surface area contributed by atoms with Crippen LogP contribution in [-0.2, 0) is 16.0 Å². The van der Waals surface area contributed by atoms with Crippen LogP contribution in [0.2, 0.25) is 0 Å². The van der Waals surface area contributed by atoms with Gasteiger partial charge in [0.05, 0.1) is 19.6 Å². The third-order valence-electron chi connectivity index (χ3n) is 5.36. The van der Waals surface area contributed by atoms with E-state index in [9.17, 15) is 14.7 Å². The fourth-order valence-corrected chi connectivity index (χ4v) is 4.00. The van der Waals surface area contributed by atoms with Crippen molar-refractivity contribution in [2.24, 2.45) is 5.92 Å². The minimum Gasteiger partial charge on any atom is -0.497 e. The smallest absolute Gasteiger partial charge is 0.313 e. The summed E-state index contributed by atoms with van der Waals surface area (Å²) in [4.78, 5) is 27.1. The van der Waals surface area contributed by atoms with E-state index in [1.54, 1.807) is 24.1 Å². The SMILES string of the molecule is COc1ccc(N2C(=O)Cc3ccccc3[C@H](C(=O)O)[C@H]2C2CC2)cc1. The topological polar surface area (TPSA) is 66.8 Å². The molecule has 4 rings (SSSR count). The van der Waals surface area contributed by atoms with Gasteiger partial charge in [0.1, 0.15) is 11.7 Å². The maximum Gasteiger partial charge on any atom is 0.313 e. The molecule has 1 saturated carbocycles. The van der Waals surface area contributed by atoms with E-state index in [2.05, 4.69) is 0 Å². The quantitative estimate of drug-likeness (QED) is 0.918. The molecule has 1 aliphatic heterocycles. The summed E-state index contributed by atoms with van der Waals surface area (Å²) in [6, 6.07) is 14.4. The summed E-state index contributed by atoms with van der Waals surface area (Å²) in [7, 11) is 1.59. The largest absolute Gasteiger partial charge is 0.497 e. The number of carboxylic acids is 1. The minimum atomic E-state index is -0.873. The maximum atomic E-state index is 13.1. The Morgan fingerprint density at radius 1 is 1.12 bits per heavy atom. The Morgan fingerprint density at radius 3 is 2.42 bits per heavy atom. The van der Waals surface area contributed by atoms with Gasteiger partial charge in [0.2, 0.25) is 5.91 Å². The zero-order chi connectivity index (χ0) is 18.3. The fraction of sp³-hybridized carbons (Fsp3) is 0.333. The molecule has 0 unspecified atom stereocenters. The first-order valence-electron chi connectivity index (χ1n) is 8.87. The van der Waals surface area contributed by atoms with Gasteiger partial charge in [0, 0.05) is 5.69 Å². The number of amides is 1. The summed E-state index contributed by atoms with van der Waals surface area (Å²) < 4.78 is 5.21. The second kappa shape index (κ2) is 6.48. The Morgan fingerprint density at radius 2 is 1.81 bits per heavy atom. The Labute approximate surface area is 152 Å². The van der Waals surface area contributed by atoms with E-state index in [0.29, 0.717) is 5.75 Å². The highest BCUT2D eigenvalue weighted by atomic mass is 16.5. The van der Waals surface area contributed by atoms with Crippen LogP contribution in [0.4, 0.5) is 5.69 Å². The summed E-state index contributed by atoms with van der Waals surface area (Å²) >= 11 is 0. The van der Waals surface area contributed by atoms with Gasteiger partial charge in [0.25, 0.3) is 0 Å². The first-order valence-corrected chi connectivity index (χ1v) is 8.87. The number of rotatable bonds is 4. The van der Waals surface area contributed by atoms with Gasteiger partial charge in [-0.15, -0.1) is 0 Å². The van der Waals surface area contributed by atoms with Gasteiger partial charge in [-0.2, -0.15) is 0 Å². The molecule has 2 aromatic rings. The molecule has 26 heavy (non-hydrogen) atoms. The highest BCUT2D eigenvalue weighted by Gasteiger charge is 2.48. The summed E-state index contributed by atoms with van der Waals surface area (Å²) in [6.07, 6.45) is 2.13. The van der Waals surface area contributed by atoms with E-state index in [1.165, 1.54) is 0 Å². The predicted molar refractivity (Wildman–Crippen MR) is 97.5 cm³/mol. The molecular formula is C21H21NO4. The van der Waals surface area contributed by atoms with Crippen molar-refractivity contribution in [1.82, 2.24) is 0 Å². The zero-order valence-electron chi connectivity index (χ0n) is 14.6. The zero-order valence-corrected chi connectivity index (χ0v) is 14.6. The number of carbonyl (C=O) groups is 2. The Balaban J connectivity index is 1.85. The molecular weight excluding hydrogens is 330 g/mol. The van der Waals surface area contributed by atoms with Crippen molar-refractivity contribution in [2.75, 3.05) is 12.0 Å². The van der Waals surface area contributed by atoms with Crippen molar-refractivity contribution < 1.29 is 19.4 Å². The molecule has 2 aromatic carbocycles. The molecule has 1 fully saturated rings. The molecule has 2 atom stereocenters. The molecule has 5 heteroatoms. The summed E-state index contributed by atoms with van der Waals surface area (Å²) in [5.74, 6) is -0.719. The van der Waals surface area contributed by atoms with Crippen molar-refractivity contribution >= 4 is 17.6 Å². The normalized spacial score (nSPS) is 22.5. The first kappa shape index (κ1) is 16.6. The standard InChI is InChI=1S/C21H21NO4/c1-26-16-10-8-15(9-11-16)22-18(23)12-14-4-2-3-5-17(14)19(21(24)25)20(22)13-6-7-13/h2-5,8-11,13,19-20H,6-7,12H2,1H3,(H,24,25)/t19-,20+/m0/s1. The van der Waals surface area contributed by atoms with Crippen LogP contribution < -0.4 is 9.64 Å². The molecule has 0 aromatic heterocycles. The number of carboxylic acid groups (broad SMARTS) is 1. The van der Waals surface area contributed by atoms with E-state index in [0.717, 1.165) is 29.7 Å². The van der Waals surface area contributed by atoms with Crippen LogP contribution in [0.15, 0.2) is 48.5 Å². The van der Waals surface area contributed by atoms with Crippen molar-refractivity contribution in [3.8, 4) is 5.75 Å². The third kappa shape index (κ3) is 2.83. The number of methoxy groups -OCH3 is 1. The van der Waals surface area contributed by atoms with E-state index in [1.807, 2.05) is 36.4 Å². The number of nitrogens with zero attached hydrogens (tertiary/aromatic N) is 1. The number of aliphatic carboxylic acids is 1. The monoisotopic (exact) mass is 351 g/mol. The number of fused-ring (bicyclic) bond motifs is 1. The van der Waals surface area contributed by atoms with E-state index >= 15 is 0 Å². The lowest BCUT2D eigenvalue weighted by atomic mass is 9.86. The van der Waals surface area contributed by atoms with Crippen LogP contribution in [0.25, 0.3) is 0 Å². The van der Waals surface area contributed by atoms with Crippen molar-refractivity contribution in [3.05, 3.63) is 59.7 Å². The number of hydrogen-bond acceptors (Lipinski definition) is 3. The van der Waals surface area contributed by atoms with Crippen molar-refractivity contribution in [2.45, 2.75) is 31.2 Å². The lowest BCUT2D eigenvalue weighted by Crippen LogP contribution is -2.46. The highest BCUT2D eigenvalue weighted by molar-refractivity contribution is 5.98. The molecule has 0 saturated heterocycles. The van der Waals surface area contributed by atoms with E-state index < -0.39 is 11.9 Å². The maximum absolute atomic E-state index is 13.1. The molecule has 5 nitrogen and oxygen atoms in total. The minimum absolute atomic E-state index is 0.0525. The van der Waals surface area contributed by atoms with Crippen LogP contribution in [-0.4, -0.2) is 30.1 Å². The lowest BCUT2D eigenvalue weighted by molar-refractivity contribution is -0.139. The number of anilines is 1. The van der Waals surface area contributed by atoms with Gasteiger partial charge in [-0.25, -0.2) is 0 Å². The molecule has 2 aliphatic rings. The third-order valence-corrected chi connectivity index (χ3v) is 5.36. The van der Waals surface area contributed by atoms with Crippen LogP contribution in [0.5, 0.6) is 5.75 Å². The van der Waals surface area contributed by atoms with Gasteiger partial charge in [-0.05, 0) is 54.2 Å². The predicted octanol–water partition coefficient (Wildman–Crippen LogP) is 3.23. The average Bonchev–Trinajstić information content (AvgIpc) is 3.47. The van der Waals surface area contributed by atoms with E-state index in [4.69, 9.17) is 4.74 Å². The van der Waals surface area contributed by atoms with Crippen LogP contribution >= 0.6 is 0 Å². The van der Waals surface area contributed by atoms with Gasteiger partial charge < -0.3 is 14.7 Å². The van der Waals surface area contributed by atoms with Crippen LogP contribution in [0, 0.1) is 5.92 Å². The van der Waals surface area contributed by atoms with Crippen molar-refractivity contribution in [3.63, 3.8) is 0 Å². The van der Waals surface area contributed by atoms with Gasteiger partial charge in [0.15, 0.2) is 0 Å². The van der Waals surface area contributed by atoms with Crippen LogP contribution in [0.1, 0.15) is 29.9 Å². The number of ether oxygens (including phenoxy) is 1. The summed E-state index contributed by atoms with van der Waals surface area (Å²) in [5, 5.41) is 10.0. The Kier molecular flexibility index (Phi) is 4.15. The van der Waals surface area contributed by atoms with Crippen molar-refractivity contribution in [1.29, 1.82) is 0 Å².